The first-order chi connectivity index (χ1) is 13.7. The van der Waals surface area contributed by atoms with Crippen LogP contribution < -0.4 is 14.2 Å². The lowest BCUT2D eigenvalue weighted by Crippen LogP contribution is -2.38. The lowest BCUT2D eigenvalue weighted by Gasteiger charge is -2.32. The van der Waals surface area contributed by atoms with Gasteiger partial charge in [-0.15, -0.1) is 0 Å². The topological polar surface area (TPSA) is 48.0 Å². The third-order valence-electron chi connectivity index (χ3n) is 5.52. The van der Waals surface area contributed by atoms with E-state index in [4.69, 9.17) is 14.2 Å². The van der Waals surface area contributed by atoms with Crippen molar-refractivity contribution in [2.75, 3.05) is 34.4 Å². The number of nitrogens with zero attached hydrogens (tertiary/aromatic N) is 1. The van der Waals surface area contributed by atoms with Crippen LogP contribution in [-0.4, -0.2) is 45.2 Å². The molecule has 0 saturated carbocycles. The Labute approximate surface area is 167 Å². The molecule has 5 heteroatoms. The van der Waals surface area contributed by atoms with Crippen molar-refractivity contribution >= 4 is 5.91 Å². The molecule has 2 aromatic rings. The molecule has 1 aliphatic heterocycles. The standard InChI is InChI=1S/C23H29NO4/c1-26-20-16-22(28-3)21(27-2)15-19(20)23(25)24-13-11-18(12-14-24)10-9-17-7-5-4-6-8-17/h4-8,15-16,18H,9-14H2,1-3H3. The van der Waals surface area contributed by atoms with Gasteiger partial charge in [0.1, 0.15) is 5.75 Å². The summed E-state index contributed by atoms with van der Waals surface area (Å²) < 4.78 is 16.1. The number of carbonyl (C=O) groups is 1. The van der Waals surface area contributed by atoms with E-state index in [9.17, 15) is 4.79 Å². The maximum Gasteiger partial charge on any atom is 0.257 e. The van der Waals surface area contributed by atoms with Crippen molar-refractivity contribution < 1.29 is 19.0 Å². The van der Waals surface area contributed by atoms with Crippen molar-refractivity contribution in [2.24, 2.45) is 5.92 Å². The Morgan fingerprint density at radius 3 is 2.14 bits per heavy atom. The van der Waals surface area contributed by atoms with Gasteiger partial charge < -0.3 is 19.1 Å². The predicted octanol–water partition coefficient (Wildman–Crippen LogP) is 4.20. The normalized spacial score (nSPS) is 14.6. The Morgan fingerprint density at radius 2 is 1.54 bits per heavy atom. The molecule has 0 aliphatic carbocycles. The molecular weight excluding hydrogens is 354 g/mol. The zero-order chi connectivity index (χ0) is 19.9. The van der Waals surface area contributed by atoms with Crippen LogP contribution in [-0.2, 0) is 6.42 Å². The Balaban J connectivity index is 1.62. The number of amides is 1. The number of rotatable bonds is 7. The van der Waals surface area contributed by atoms with Gasteiger partial charge >= 0.3 is 0 Å². The summed E-state index contributed by atoms with van der Waals surface area (Å²) in [5.41, 5.74) is 1.90. The fourth-order valence-electron chi connectivity index (χ4n) is 3.81. The second kappa shape index (κ2) is 9.49. The maximum absolute atomic E-state index is 13.1. The largest absolute Gasteiger partial charge is 0.496 e. The van der Waals surface area contributed by atoms with E-state index < -0.39 is 0 Å². The highest BCUT2D eigenvalue weighted by Crippen LogP contribution is 2.35. The van der Waals surface area contributed by atoms with Crippen molar-refractivity contribution in [3.63, 3.8) is 0 Å². The highest BCUT2D eigenvalue weighted by Gasteiger charge is 2.26. The van der Waals surface area contributed by atoms with Gasteiger partial charge in [-0.25, -0.2) is 0 Å². The molecule has 0 atom stereocenters. The third-order valence-corrected chi connectivity index (χ3v) is 5.52. The number of methoxy groups -OCH3 is 3. The summed E-state index contributed by atoms with van der Waals surface area (Å²) in [6, 6.07) is 14.0. The molecule has 1 amide bonds. The number of likely N-dealkylation sites (tertiary alicyclic amines) is 1. The van der Waals surface area contributed by atoms with E-state index in [1.165, 1.54) is 12.0 Å². The Kier molecular flexibility index (Phi) is 6.80. The number of ether oxygens (including phenoxy) is 3. The minimum atomic E-state index is -0.0145. The number of hydrogen-bond donors (Lipinski definition) is 0. The molecule has 0 bridgehead atoms. The van der Waals surface area contributed by atoms with Gasteiger partial charge in [0.25, 0.3) is 5.91 Å². The average molecular weight is 383 g/mol. The van der Waals surface area contributed by atoms with Crippen LogP contribution >= 0.6 is 0 Å². The molecule has 2 aromatic carbocycles. The van der Waals surface area contributed by atoms with Gasteiger partial charge in [-0.05, 0) is 37.2 Å². The van der Waals surface area contributed by atoms with Crippen LogP contribution in [0.3, 0.4) is 0 Å². The van der Waals surface area contributed by atoms with Crippen LogP contribution in [0.2, 0.25) is 0 Å². The van der Waals surface area contributed by atoms with Crippen LogP contribution in [0.15, 0.2) is 42.5 Å². The Bertz CT molecular complexity index is 783. The number of benzene rings is 2. The summed E-state index contributed by atoms with van der Waals surface area (Å²) in [5, 5.41) is 0. The van der Waals surface area contributed by atoms with Crippen LogP contribution in [0.1, 0.15) is 35.2 Å². The summed E-state index contributed by atoms with van der Waals surface area (Å²) in [6.07, 6.45) is 4.34. The molecular formula is C23H29NO4. The molecule has 1 saturated heterocycles. The van der Waals surface area contributed by atoms with Crippen molar-refractivity contribution in [2.45, 2.75) is 25.7 Å². The van der Waals surface area contributed by atoms with Gasteiger partial charge in [0, 0.05) is 25.2 Å². The molecule has 1 aliphatic rings. The lowest BCUT2D eigenvalue weighted by atomic mass is 9.90. The van der Waals surface area contributed by atoms with Crippen LogP contribution in [0.4, 0.5) is 0 Å². The summed E-state index contributed by atoms with van der Waals surface area (Å²) in [5.74, 6) is 2.24. The number of aryl methyl sites for hydroxylation is 1. The summed E-state index contributed by atoms with van der Waals surface area (Å²) in [4.78, 5) is 15.0. The SMILES string of the molecule is COc1cc(OC)c(C(=O)N2CCC(CCc3ccccc3)CC2)cc1OC. The number of hydrogen-bond acceptors (Lipinski definition) is 4. The first-order valence-corrected chi connectivity index (χ1v) is 9.79. The maximum atomic E-state index is 13.1. The number of piperidine rings is 1. The zero-order valence-corrected chi connectivity index (χ0v) is 16.9. The summed E-state index contributed by atoms with van der Waals surface area (Å²) >= 11 is 0. The summed E-state index contributed by atoms with van der Waals surface area (Å²) in [6.45, 7) is 1.55. The fraction of sp³-hybridized carbons (Fsp3) is 0.435. The van der Waals surface area contributed by atoms with Crippen molar-refractivity contribution in [3.05, 3.63) is 53.6 Å². The molecule has 3 rings (SSSR count). The minimum Gasteiger partial charge on any atom is -0.496 e. The van der Waals surface area contributed by atoms with Gasteiger partial charge in [-0.1, -0.05) is 30.3 Å². The van der Waals surface area contributed by atoms with Crippen LogP contribution in [0.5, 0.6) is 17.2 Å². The lowest BCUT2D eigenvalue weighted by molar-refractivity contribution is 0.0683. The van der Waals surface area contributed by atoms with Crippen molar-refractivity contribution in [3.8, 4) is 17.2 Å². The first kappa shape index (κ1) is 20.1. The van der Waals surface area contributed by atoms with Gasteiger partial charge in [-0.3, -0.25) is 4.79 Å². The predicted molar refractivity (Wildman–Crippen MR) is 109 cm³/mol. The van der Waals surface area contributed by atoms with E-state index >= 15 is 0 Å². The molecule has 28 heavy (non-hydrogen) atoms. The molecule has 150 valence electrons. The second-order valence-corrected chi connectivity index (χ2v) is 7.17. The van der Waals surface area contributed by atoms with Gasteiger partial charge in [0.2, 0.25) is 0 Å². The van der Waals surface area contributed by atoms with Crippen molar-refractivity contribution in [1.82, 2.24) is 4.90 Å². The molecule has 0 aromatic heterocycles. The van der Waals surface area contributed by atoms with Gasteiger partial charge in [0.05, 0.1) is 26.9 Å². The minimum absolute atomic E-state index is 0.0145. The first-order valence-electron chi connectivity index (χ1n) is 9.79. The summed E-state index contributed by atoms with van der Waals surface area (Å²) in [7, 11) is 4.70. The van der Waals surface area contributed by atoms with Crippen molar-refractivity contribution in [1.29, 1.82) is 0 Å². The monoisotopic (exact) mass is 383 g/mol. The molecule has 1 fully saturated rings. The highest BCUT2D eigenvalue weighted by molar-refractivity contribution is 5.98. The highest BCUT2D eigenvalue weighted by atomic mass is 16.5. The van der Waals surface area contributed by atoms with Gasteiger partial charge in [-0.2, -0.15) is 0 Å². The Hall–Kier alpha value is -2.69. The Morgan fingerprint density at radius 1 is 0.929 bits per heavy atom. The number of carbonyl (C=O) groups excluding carboxylic acids is 1. The van der Waals surface area contributed by atoms with E-state index in [1.54, 1.807) is 33.5 Å². The molecule has 5 nitrogen and oxygen atoms in total. The van der Waals surface area contributed by atoms with E-state index in [0.29, 0.717) is 28.7 Å². The molecule has 0 radical (unpaired) electrons. The van der Waals surface area contributed by atoms with E-state index in [2.05, 4.69) is 30.3 Å². The van der Waals surface area contributed by atoms with E-state index in [1.807, 2.05) is 4.90 Å². The fourth-order valence-corrected chi connectivity index (χ4v) is 3.81. The van der Waals surface area contributed by atoms with Crippen LogP contribution in [0.25, 0.3) is 0 Å². The average Bonchev–Trinajstić information content (AvgIpc) is 2.77. The van der Waals surface area contributed by atoms with Crippen LogP contribution in [0, 0.1) is 5.92 Å². The smallest absolute Gasteiger partial charge is 0.257 e. The van der Waals surface area contributed by atoms with E-state index in [-0.39, 0.29) is 5.91 Å². The third kappa shape index (κ3) is 4.58. The quantitative estimate of drug-likeness (QED) is 0.719. The molecule has 0 spiro atoms. The van der Waals surface area contributed by atoms with E-state index in [0.717, 1.165) is 32.4 Å². The molecule has 0 N–H and O–H groups in total. The second-order valence-electron chi connectivity index (χ2n) is 7.17. The van der Waals surface area contributed by atoms with Gasteiger partial charge in [0.15, 0.2) is 11.5 Å². The molecule has 0 unspecified atom stereocenters. The molecule has 1 heterocycles. The zero-order valence-electron chi connectivity index (χ0n) is 16.9.